The zero-order valence-corrected chi connectivity index (χ0v) is 12.4. The van der Waals surface area contributed by atoms with E-state index in [9.17, 15) is 4.39 Å². The van der Waals surface area contributed by atoms with Gasteiger partial charge in [0.2, 0.25) is 0 Å². The molecule has 0 aromatic heterocycles. The molecule has 108 valence electrons. The second kappa shape index (κ2) is 6.22. The third-order valence-electron chi connectivity index (χ3n) is 3.86. The minimum atomic E-state index is -0.279. The number of para-hydroxylation sites is 1. The van der Waals surface area contributed by atoms with Crippen LogP contribution in [0, 0.1) is 5.82 Å². The largest absolute Gasteiger partial charge is 0.348 e. The molecule has 0 radical (unpaired) electrons. The number of likely N-dealkylation sites (tertiary alicyclic amines) is 1. The molecule has 0 unspecified atom stereocenters. The summed E-state index contributed by atoms with van der Waals surface area (Å²) >= 11 is 5.41. The number of benzene rings is 2. The lowest BCUT2D eigenvalue weighted by molar-refractivity contribution is 0.518. The fourth-order valence-corrected chi connectivity index (χ4v) is 2.97. The van der Waals surface area contributed by atoms with E-state index in [0.717, 1.165) is 19.5 Å². The van der Waals surface area contributed by atoms with Gasteiger partial charge in [-0.3, -0.25) is 0 Å². The molecule has 1 fully saturated rings. The first-order chi connectivity index (χ1) is 10.2. The van der Waals surface area contributed by atoms with Crippen LogP contribution in [0.25, 0.3) is 0 Å². The van der Waals surface area contributed by atoms with Crippen LogP contribution in [0.15, 0.2) is 54.6 Å². The van der Waals surface area contributed by atoms with Gasteiger partial charge in [-0.05, 0) is 36.3 Å². The Labute approximate surface area is 129 Å². The number of nitrogens with zero attached hydrogens (tertiary/aromatic N) is 1. The maximum absolute atomic E-state index is 13.6. The van der Waals surface area contributed by atoms with E-state index < -0.39 is 0 Å². The number of nitrogens with one attached hydrogen (secondary N) is 1. The van der Waals surface area contributed by atoms with Crippen LogP contribution in [0.2, 0.25) is 0 Å². The fraction of sp³-hybridized carbons (Fsp3) is 0.235. The lowest BCUT2D eigenvalue weighted by Crippen LogP contribution is -2.32. The Morgan fingerprint density at radius 1 is 1.10 bits per heavy atom. The topological polar surface area (TPSA) is 15.3 Å². The van der Waals surface area contributed by atoms with Gasteiger partial charge in [-0.1, -0.05) is 42.5 Å². The molecule has 1 aliphatic rings. The van der Waals surface area contributed by atoms with Crippen LogP contribution in [0.1, 0.15) is 17.9 Å². The van der Waals surface area contributed by atoms with E-state index in [-0.39, 0.29) is 5.82 Å². The highest BCUT2D eigenvalue weighted by Crippen LogP contribution is 2.27. The molecule has 0 aliphatic carbocycles. The second-order valence-corrected chi connectivity index (χ2v) is 5.64. The highest BCUT2D eigenvalue weighted by atomic mass is 32.1. The highest BCUT2D eigenvalue weighted by molar-refractivity contribution is 7.80. The molecule has 0 saturated carbocycles. The van der Waals surface area contributed by atoms with Gasteiger partial charge in [0.1, 0.15) is 5.82 Å². The zero-order valence-electron chi connectivity index (χ0n) is 11.6. The number of rotatable bonds is 2. The predicted molar refractivity (Wildman–Crippen MR) is 88.0 cm³/mol. The van der Waals surface area contributed by atoms with Gasteiger partial charge in [0.25, 0.3) is 0 Å². The van der Waals surface area contributed by atoms with Crippen LogP contribution in [-0.4, -0.2) is 23.1 Å². The molecule has 4 heteroatoms. The van der Waals surface area contributed by atoms with Gasteiger partial charge < -0.3 is 10.2 Å². The Morgan fingerprint density at radius 2 is 1.81 bits per heavy atom. The monoisotopic (exact) mass is 300 g/mol. The lowest BCUT2D eigenvalue weighted by Gasteiger charge is -2.21. The molecule has 2 aromatic rings. The molecule has 1 atom stereocenters. The van der Waals surface area contributed by atoms with Gasteiger partial charge in [-0.2, -0.15) is 0 Å². The number of hydrogen-bond acceptors (Lipinski definition) is 1. The van der Waals surface area contributed by atoms with Crippen molar-refractivity contribution < 1.29 is 4.39 Å². The predicted octanol–water partition coefficient (Wildman–Crippen LogP) is 4.01. The average molecular weight is 300 g/mol. The summed E-state index contributed by atoms with van der Waals surface area (Å²) in [4.78, 5) is 2.11. The van der Waals surface area contributed by atoms with Crippen LogP contribution >= 0.6 is 12.2 Å². The van der Waals surface area contributed by atoms with E-state index in [2.05, 4.69) is 34.5 Å². The highest BCUT2D eigenvalue weighted by Gasteiger charge is 2.25. The zero-order chi connectivity index (χ0) is 14.7. The average Bonchev–Trinajstić information content (AvgIpc) is 3.00. The van der Waals surface area contributed by atoms with Crippen molar-refractivity contribution in [2.75, 3.05) is 18.4 Å². The minimum Gasteiger partial charge on any atom is -0.348 e. The number of hydrogen-bond donors (Lipinski definition) is 1. The fourth-order valence-electron chi connectivity index (χ4n) is 2.70. The van der Waals surface area contributed by atoms with Crippen molar-refractivity contribution in [2.24, 2.45) is 0 Å². The van der Waals surface area contributed by atoms with Gasteiger partial charge in [-0.15, -0.1) is 0 Å². The molecule has 0 spiro atoms. The smallest absolute Gasteiger partial charge is 0.173 e. The first kappa shape index (κ1) is 14.0. The molecule has 1 heterocycles. The van der Waals surface area contributed by atoms with Crippen LogP contribution in [0.4, 0.5) is 10.1 Å². The summed E-state index contributed by atoms with van der Waals surface area (Å²) < 4.78 is 13.6. The second-order valence-electron chi connectivity index (χ2n) is 5.25. The Morgan fingerprint density at radius 3 is 2.57 bits per heavy atom. The van der Waals surface area contributed by atoms with Gasteiger partial charge in [0.15, 0.2) is 5.11 Å². The molecule has 0 amide bonds. The molecular formula is C17H17FN2S. The van der Waals surface area contributed by atoms with Crippen molar-refractivity contribution in [1.82, 2.24) is 4.90 Å². The first-order valence-electron chi connectivity index (χ1n) is 7.09. The molecule has 21 heavy (non-hydrogen) atoms. The standard InChI is InChI=1S/C17H17FN2S/c18-15-8-4-5-9-16(15)19-17(21)20-11-10-14(12-20)13-6-2-1-3-7-13/h1-9,14H,10-12H2,(H,19,21)/t14-/m1/s1. The van der Waals surface area contributed by atoms with Crippen molar-refractivity contribution in [3.63, 3.8) is 0 Å². The van der Waals surface area contributed by atoms with Gasteiger partial charge in [0.05, 0.1) is 5.69 Å². The number of anilines is 1. The maximum atomic E-state index is 13.6. The number of halogens is 1. The summed E-state index contributed by atoms with van der Waals surface area (Å²) in [7, 11) is 0. The molecule has 1 saturated heterocycles. The Hall–Kier alpha value is -1.94. The third-order valence-corrected chi connectivity index (χ3v) is 4.22. The molecule has 2 nitrogen and oxygen atoms in total. The molecule has 1 N–H and O–H groups in total. The summed E-state index contributed by atoms with van der Waals surface area (Å²) in [6.45, 7) is 1.78. The van der Waals surface area contributed by atoms with Crippen LogP contribution in [0.3, 0.4) is 0 Å². The molecule has 1 aliphatic heterocycles. The maximum Gasteiger partial charge on any atom is 0.173 e. The summed E-state index contributed by atoms with van der Waals surface area (Å²) in [5.41, 5.74) is 1.78. The Balaban J connectivity index is 1.64. The summed E-state index contributed by atoms with van der Waals surface area (Å²) in [5, 5.41) is 3.60. The van der Waals surface area contributed by atoms with Crippen molar-refractivity contribution in [3.05, 3.63) is 66.0 Å². The Kier molecular flexibility index (Phi) is 4.15. The van der Waals surface area contributed by atoms with Crippen LogP contribution in [-0.2, 0) is 0 Å². The van der Waals surface area contributed by atoms with Crippen molar-refractivity contribution in [2.45, 2.75) is 12.3 Å². The van der Waals surface area contributed by atoms with Gasteiger partial charge in [-0.25, -0.2) is 4.39 Å². The summed E-state index contributed by atoms with van der Waals surface area (Å²) in [6.07, 6.45) is 1.07. The van der Waals surface area contributed by atoms with E-state index in [0.29, 0.717) is 16.7 Å². The SMILES string of the molecule is Fc1ccccc1NC(=S)N1CC[C@@H](c2ccccc2)C1. The molecule has 2 aromatic carbocycles. The first-order valence-corrected chi connectivity index (χ1v) is 7.50. The van der Waals surface area contributed by atoms with E-state index in [1.54, 1.807) is 18.2 Å². The summed E-state index contributed by atoms with van der Waals surface area (Å²) in [5.74, 6) is 0.213. The van der Waals surface area contributed by atoms with Crippen LogP contribution in [0.5, 0.6) is 0 Å². The van der Waals surface area contributed by atoms with E-state index >= 15 is 0 Å². The van der Waals surface area contributed by atoms with E-state index in [1.165, 1.54) is 11.6 Å². The van der Waals surface area contributed by atoms with Gasteiger partial charge in [0, 0.05) is 19.0 Å². The normalized spacial score (nSPS) is 17.8. The molecule has 0 bridgehead atoms. The number of thiocarbonyl (C=S) groups is 1. The third kappa shape index (κ3) is 3.22. The lowest BCUT2D eigenvalue weighted by atomic mass is 9.99. The molecular weight excluding hydrogens is 283 g/mol. The van der Waals surface area contributed by atoms with Crippen molar-refractivity contribution in [1.29, 1.82) is 0 Å². The van der Waals surface area contributed by atoms with Crippen molar-refractivity contribution >= 4 is 23.0 Å². The van der Waals surface area contributed by atoms with E-state index in [1.807, 2.05) is 6.07 Å². The van der Waals surface area contributed by atoms with E-state index in [4.69, 9.17) is 12.2 Å². The minimum absolute atomic E-state index is 0.279. The van der Waals surface area contributed by atoms with Crippen LogP contribution < -0.4 is 5.32 Å². The quantitative estimate of drug-likeness (QED) is 0.844. The Bertz CT molecular complexity index is 630. The summed E-state index contributed by atoms with van der Waals surface area (Å²) in [6, 6.07) is 17.1. The van der Waals surface area contributed by atoms with Gasteiger partial charge >= 0.3 is 0 Å². The van der Waals surface area contributed by atoms with Crippen molar-refractivity contribution in [3.8, 4) is 0 Å². The molecule has 3 rings (SSSR count).